The Kier molecular flexibility index (Phi) is 7.05. The fourth-order valence-electron chi connectivity index (χ4n) is 3.28. The molecule has 0 unspecified atom stereocenters. The van der Waals surface area contributed by atoms with Crippen molar-refractivity contribution in [2.45, 2.75) is 64.5 Å². The average molecular weight is 353 g/mol. The first kappa shape index (κ1) is 16.8. The Morgan fingerprint density at radius 3 is 2.57 bits per heavy atom. The molecule has 0 radical (unpaired) electrons. The summed E-state index contributed by atoms with van der Waals surface area (Å²) < 4.78 is 1.17. The first-order valence-corrected chi connectivity index (χ1v) is 9.23. The molecule has 0 saturated heterocycles. The van der Waals surface area contributed by atoms with Crippen LogP contribution in [-0.4, -0.2) is 19.6 Å². The summed E-state index contributed by atoms with van der Waals surface area (Å²) >= 11 is 3.62. The van der Waals surface area contributed by atoms with Gasteiger partial charge in [-0.25, -0.2) is 0 Å². The Morgan fingerprint density at radius 2 is 1.90 bits per heavy atom. The van der Waals surface area contributed by atoms with Crippen LogP contribution in [0.5, 0.6) is 0 Å². The van der Waals surface area contributed by atoms with Crippen molar-refractivity contribution in [1.82, 2.24) is 5.32 Å². The molecule has 1 aliphatic rings. The molecule has 118 valence electrons. The van der Waals surface area contributed by atoms with E-state index in [1.165, 1.54) is 60.7 Å². The molecule has 0 bridgehead atoms. The van der Waals surface area contributed by atoms with Gasteiger partial charge in [0.2, 0.25) is 0 Å². The molecule has 1 aromatic carbocycles. The van der Waals surface area contributed by atoms with Crippen LogP contribution < -0.4 is 10.2 Å². The van der Waals surface area contributed by atoms with E-state index in [1.54, 1.807) is 0 Å². The highest BCUT2D eigenvalue weighted by molar-refractivity contribution is 9.10. The molecule has 0 spiro atoms. The number of hydrogen-bond donors (Lipinski definition) is 1. The minimum atomic E-state index is 0.707. The van der Waals surface area contributed by atoms with E-state index in [2.05, 4.69) is 58.3 Å². The van der Waals surface area contributed by atoms with Gasteiger partial charge >= 0.3 is 0 Å². The van der Waals surface area contributed by atoms with E-state index in [0.29, 0.717) is 6.04 Å². The molecule has 1 N–H and O–H groups in total. The van der Waals surface area contributed by atoms with Gasteiger partial charge in [0.25, 0.3) is 0 Å². The van der Waals surface area contributed by atoms with E-state index in [1.807, 2.05) is 0 Å². The summed E-state index contributed by atoms with van der Waals surface area (Å²) in [7, 11) is 2.28. The summed E-state index contributed by atoms with van der Waals surface area (Å²) in [4.78, 5) is 2.53. The van der Waals surface area contributed by atoms with Gasteiger partial charge in [-0.1, -0.05) is 48.5 Å². The van der Waals surface area contributed by atoms with Crippen LogP contribution in [0, 0.1) is 0 Å². The minimum absolute atomic E-state index is 0.707. The quantitative estimate of drug-likeness (QED) is 0.565. The van der Waals surface area contributed by atoms with E-state index < -0.39 is 0 Å². The van der Waals surface area contributed by atoms with Crippen molar-refractivity contribution in [1.29, 1.82) is 0 Å². The van der Waals surface area contributed by atoms with E-state index in [9.17, 15) is 0 Å². The minimum Gasteiger partial charge on any atom is -0.371 e. The second-order valence-corrected chi connectivity index (χ2v) is 7.12. The molecule has 1 aromatic rings. The molecule has 1 saturated carbocycles. The highest BCUT2D eigenvalue weighted by Gasteiger charge is 2.19. The van der Waals surface area contributed by atoms with E-state index >= 15 is 0 Å². The zero-order valence-corrected chi connectivity index (χ0v) is 15.1. The number of nitrogens with one attached hydrogen (secondary N) is 1. The van der Waals surface area contributed by atoms with Crippen LogP contribution in [0.15, 0.2) is 22.7 Å². The molecule has 3 heteroatoms. The Hall–Kier alpha value is -0.540. The normalized spacial score (nSPS) is 16.7. The predicted octanol–water partition coefficient (Wildman–Crippen LogP) is 5.11. The maximum absolute atomic E-state index is 3.62. The fourth-order valence-corrected chi connectivity index (χ4v) is 3.69. The lowest BCUT2D eigenvalue weighted by molar-refractivity contribution is 0.550. The van der Waals surface area contributed by atoms with Crippen LogP contribution in [0.25, 0.3) is 0 Å². The molecular weight excluding hydrogens is 324 g/mol. The molecule has 2 nitrogen and oxygen atoms in total. The maximum atomic E-state index is 3.62. The highest BCUT2D eigenvalue weighted by atomic mass is 79.9. The number of nitrogens with zero attached hydrogens (tertiary/aromatic N) is 1. The topological polar surface area (TPSA) is 15.3 Å². The van der Waals surface area contributed by atoms with E-state index in [-0.39, 0.29) is 0 Å². The Balaban J connectivity index is 2.12. The van der Waals surface area contributed by atoms with Crippen molar-refractivity contribution in [3.8, 4) is 0 Å². The van der Waals surface area contributed by atoms with Gasteiger partial charge in [0.05, 0.1) is 0 Å². The van der Waals surface area contributed by atoms with Crippen molar-refractivity contribution in [3.63, 3.8) is 0 Å². The summed E-state index contributed by atoms with van der Waals surface area (Å²) in [6, 6.07) is 7.42. The number of rotatable bonds is 6. The first-order chi connectivity index (χ1) is 10.2. The number of halogens is 1. The molecular formula is C18H29BrN2. The number of anilines is 1. The smallest absolute Gasteiger partial charge is 0.0412 e. The summed E-state index contributed by atoms with van der Waals surface area (Å²) in [6.45, 7) is 4.26. The summed E-state index contributed by atoms with van der Waals surface area (Å²) in [5.41, 5.74) is 2.80. The standard InChI is InChI=1S/C18H29BrN2/c1-3-12-20-14-15-13-16(19)10-11-18(15)21(2)17-8-6-4-5-7-9-17/h10-11,13,17,20H,3-9,12,14H2,1-2H3. The van der Waals surface area contributed by atoms with Gasteiger partial charge in [0.1, 0.15) is 0 Å². The fraction of sp³-hybridized carbons (Fsp3) is 0.667. The van der Waals surface area contributed by atoms with Gasteiger partial charge in [-0.05, 0) is 49.6 Å². The van der Waals surface area contributed by atoms with Crippen LogP contribution in [0.1, 0.15) is 57.4 Å². The first-order valence-electron chi connectivity index (χ1n) is 8.44. The Morgan fingerprint density at radius 1 is 1.19 bits per heavy atom. The van der Waals surface area contributed by atoms with E-state index in [4.69, 9.17) is 0 Å². The summed E-state index contributed by atoms with van der Waals surface area (Å²) in [5, 5.41) is 3.54. The Labute approximate surface area is 138 Å². The van der Waals surface area contributed by atoms with Gasteiger partial charge in [0, 0.05) is 29.8 Å². The van der Waals surface area contributed by atoms with Crippen molar-refractivity contribution < 1.29 is 0 Å². The van der Waals surface area contributed by atoms with Gasteiger partial charge in [-0.2, -0.15) is 0 Å². The van der Waals surface area contributed by atoms with Crippen LogP contribution in [-0.2, 0) is 6.54 Å². The number of benzene rings is 1. The van der Waals surface area contributed by atoms with Crippen LogP contribution in [0.3, 0.4) is 0 Å². The van der Waals surface area contributed by atoms with Gasteiger partial charge in [-0.15, -0.1) is 0 Å². The second-order valence-electron chi connectivity index (χ2n) is 6.21. The van der Waals surface area contributed by atoms with Crippen molar-refractivity contribution >= 4 is 21.6 Å². The second kappa shape index (κ2) is 8.79. The monoisotopic (exact) mass is 352 g/mol. The average Bonchev–Trinajstić information content (AvgIpc) is 2.76. The van der Waals surface area contributed by atoms with Gasteiger partial charge in [-0.3, -0.25) is 0 Å². The van der Waals surface area contributed by atoms with E-state index in [0.717, 1.165) is 13.1 Å². The molecule has 1 fully saturated rings. The molecule has 2 rings (SSSR count). The third-order valence-corrected chi connectivity index (χ3v) is 5.03. The molecule has 0 aromatic heterocycles. The molecule has 0 atom stereocenters. The molecule has 0 heterocycles. The van der Waals surface area contributed by atoms with Gasteiger partial charge in [0.15, 0.2) is 0 Å². The van der Waals surface area contributed by atoms with Crippen molar-refractivity contribution in [2.75, 3.05) is 18.5 Å². The van der Waals surface area contributed by atoms with Crippen molar-refractivity contribution in [2.24, 2.45) is 0 Å². The highest BCUT2D eigenvalue weighted by Crippen LogP contribution is 2.29. The van der Waals surface area contributed by atoms with Crippen molar-refractivity contribution in [3.05, 3.63) is 28.2 Å². The third-order valence-electron chi connectivity index (χ3n) is 4.54. The predicted molar refractivity (Wildman–Crippen MR) is 96.0 cm³/mol. The molecule has 0 amide bonds. The number of hydrogen-bond acceptors (Lipinski definition) is 2. The Bertz CT molecular complexity index is 425. The zero-order chi connectivity index (χ0) is 15.1. The molecule has 0 aliphatic heterocycles. The lowest BCUT2D eigenvalue weighted by Crippen LogP contribution is -2.32. The lowest BCUT2D eigenvalue weighted by Gasteiger charge is -2.31. The van der Waals surface area contributed by atoms with Crippen LogP contribution in [0.2, 0.25) is 0 Å². The zero-order valence-electron chi connectivity index (χ0n) is 13.5. The van der Waals surface area contributed by atoms with Crippen LogP contribution in [0.4, 0.5) is 5.69 Å². The summed E-state index contributed by atoms with van der Waals surface area (Å²) in [6.07, 6.45) is 9.46. The molecule has 21 heavy (non-hydrogen) atoms. The SMILES string of the molecule is CCCNCc1cc(Br)ccc1N(C)C1CCCCCC1. The largest absolute Gasteiger partial charge is 0.371 e. The van der Waals surface area contributed by atoms with Gasteiger partial charge < -0.3 is 10.2 Å². The van der Waals surface area contributed by atoms with Crippen LogP contribution >= 0.6 is 15.9 Å². The lowest BCUT2D eigenvalue weighted by atomic mass is 10.0. The third kappa shape index (κ3) is 5.00. The maximum Gasteiger partial charge on any atom is 0.0412 e. The molecule has 1 aliphatic carbocycles. The summed E-state index contributed by atoms with van der Waals surface area (Å²) in [5.74, 6) is 0.